The molecular weight excluding hydrogens is 334 g/mol. The van der Waals surface area contributed by atoms with Crippen molar-refractivity contribution < 1.29 is 8.42 Å². The fraction of sp³-hybridized carbons (Fsp3) is 0.842. The fourth-order valence-electron chi connectivity index (χ4n) is 4.14. The summed E-state index contributed by atoms with van der Waals surface area (Å²) in [5.74, 6) is 0.551. The summed E-state index contributed by atoms with van der Waals surface area (Å²) >= 11 is 0. The van der Waals surface area contributed by atoms with E-state index in [0.29, 0.717) is 23.1 Å². The number of sulfonamides is 1. The van der Waals surface area contributed by atoms with Crippen molar-refractivity contribution in [2.75, 3.05) is 6.54 Å². The molecule has 0 aliphatic heterocycles. The Morgan fingerprint density at radius 3 is 2.16 bits per heavy atom. The Kier molecular flexibility index (Phi) is 5.06. The third-order valence-electron chi connectivity index (χ3n) is 5.54. The topological polar surface area (TPSA) is 55.2 Å². The highest BCUT2D eigenvalue weighted by molar-refractivity contribution is 7.89. The average molecular weight is 368 g/mol. The van der Waals surface area contributed by atoms with Crippen molar-refractivity contribution in [1.29, 1.82) is 0 Å². The number of aryl methyl sites for hydroxylation is 1. The van der Waals surface area contributed by atoms with E-state index in [-0.39, 0.29) is 11.6 Å². The predicted octanol–water partition coefficient (Wildman–Crippen LogP) is 3.99. The SMILES string of the molecule is Cc1nn(C(C)(C)C)c(C)c1S(=O)(=O)N(CC1CC1)C1CCCCC1. The van der Waals surface area contributed by atoms with Crippen molar-refractivity contribution in [2.45, 2.75) is 96.0 Å². The molecule has 0 amide bonds. The van der Waals surface area contributed by atoms with Gasteiger partial charge in [-0.05, 0) is 66.2 Å². The summed E-state index contributed by atoms with van der Waals surface area (Å²) < 4.78 is 31.0. The van der Waals surface area contributed by atoms with E-state index in [1.54, 1.807) is 0 Å². The van der Waals surface area contributed by atoms with E-state index in [1.807, 2.05) is 22.8 Å². The largest absolute Gasteiger partial charge is 0.263 e. The third-order valence-corrected chi connectivity index (χ3v) is 7.72. The molecule has 2 aliphatic rings. The molecule has 1 heterocycles. The average Bonchev–Trinajstić information content (AvgIpc) is 3.28. The van der Waals surface area contributed by atoms with Gasteiger partial charge in [-0.25, -0.2) is 8.42 Å². The van der Waals surface area contributed by atoms with Gasteiger partial charge in [-0.3, -0.25) is 4.68 Å². The van der Waals surface area contributed by atoms with Crippen LogP contribution in [0.5, 0.6) is 0 Å². The van der Waals surface area contributed by atoms with Crippen molar-refractivity contribution in [3.63, 3.8) is 0 Å². The molecule has 0 spiro atoms. The van der Waals surface area contributed by atoms with Gasteiger partial charge >= 0.3 is 0 Å². The lowest BCUT2D eigenvalue weighted by Gasteiger charge is -2.33. The lowest BCUT2D eigenvalue weighted by Crippen LogP contribution is -2.43. The molecule has 1 aromatic heterocycles. The molecule has 142 valence electrons. The first-order valence-electron chi connectivity index (χ1n) is 9.71. The third kappa shape index (κ3) is 3.80. The number of aromatic nitrogens is 2. The van der Waals surface area contributed by atoms with Crippen molar-refractivity contribution in [2.24, 2.45) is 5.92 Å². The van der Waals surface area contributed by atoms with Gasteiger partial charge in [0.2, 0.25) is 10.0 Å². The van der Waals surface area contributed by atoms with Gasteiger partial charge in [-0.15, -0.1) is 0 Å². The normalized spacial score (nSPS) is 20.4. The Labute approximate surface area is 152 Å². The number of nitrogens with zero attached hydrogens (tertiary/aromatic N) is 3. The van der Waals surface area contributed by atoms with Gasteiger partial charge in [0.05, 0.1) is 16.9 Å². The smallest absolute Gasteiger partial charge is 0.247 e. The van der Waals surface area contributed by atoms with Gasteiger partial charge in [0, 0.05) is 12.6 Å². The highest BCUT2D eigenvalue weighted by Gasteiger charge is 2.40. The van der Waals surface area contributed by atoms with Crippen molar-refractivity contribution in [3.05, 3.63) is 11.4 Å². The molecule has 2 aliphatic carbocycles. The molecule has 5 nitrogen and oxygen atoms in total. The Morgan fingerprint density at radius 1 is 1.08 bits per heavy atom. The van der Waals surface area contributed by atoms with Crippen LogP contribution in [0.4, 0.5) is 0 Å². The first kappa shape index (κ1) is 18.9. The zero-order chi connectivity index (χ0) is 18.4. The van der Waals surface area contributed by atoms with E-state index in [1.165, 1.54) is 6.42 Å². The molecular formula is C19H33N3O2S. The molecule has 3 rings (SSSR count). The second-order valence-corrected chi connectivity index (χ2v) is 10.7. The van der Waals surface area contributed by atoms with Gasteiger partial charge < -0.3 is 0 Å². The first-order valence-corrected chi connectivity index (χ1v) is 11.1. The Balaban J connectivity index is 2.01. The van der Waals surface area contributed by atoms with Crippen molar-refractivity contribution in [1.82, 2.24) is 14.1 Å². The Morgan fingerprint density at radius 2 is 1.68 bits per heavy atom. The summed E-state index contributed by atoms with van der Waals surface area (Å²) in [5, 5.41) is 4.58. The summed E-state index contributed by atoms with van der Waals surface area (Å²) in [4.78, 5) is 0.439. The van der Waals surface area contributed by atoms with Crippen molar-refractivity contribution in [3.8, 4) is 0 Å². The zero-order valence-electron chi connectivity index (χ0n) is 16.4. The van der Waals surface area contributed by atoms with E-state index in [2.05, 4.69) is 25.9 Å². The highest BCUT2D eigenvalue weighted by atomic mass is 32.2. The van der Waals surface area contributed by atoms with Crippen LogP contribution in [0.15, 0.2) is 4.90 Å². The second kappa shape index (κ2) is 6.69. The first-order chi connectivity index (χ1) is 11.6. The summed E-state index contributed by atoms with van der Waals surface area (Å²) in [6.45, 7) is 10.6. The maximum absolute atomic E-state index is 13.6. The lowest BCUT2D eigenvalue weighted by molar-refractivity contribution is 0.246. The quantitative estimate of drug-likeness (QED) is 0.791. The fourth-order valence-corrected chi connectivity index (χ4v) is 6.26. The van der Waals surface area contributed by atoms with E-state index in [4.69, 9.17) is 0 Å². The summed E-state index contributed by atoms with van der Waals surface area (Å²) in [7, 11) is -3.51. The molecule has 6 heteroatoms. The summed E-state index contributed by atoms with van der Waals surface area (Å²) in [6, 6.07) is 0.163. The minimum atomic E-state index is -3.51. The van der Waals surface area contributed by atoms with E-state index in [9.17, 15) is 8.42 Å². The summed E-state index contributed by atoms with van der Waals surface area (Å²) in [6.07, 6.45) is 7.83. The number of hydrogen-bond acceptors (Lipinski definition) is 3. The number of hydrogen-bond donors (Lipinski definition) is 0. The predicted molar refractivity (Wildman–Crippen MR) is 100 cm³/mol. The molecule has 0 bridgehead atoms. The van der Waals surface area contributed by atoms with Crippen molar-refractivity contribution >= 4 is 10.0 Å². The minimum absolute atomic E-state index is 0.163. The van der Waals surface area contributed by atoms with Crippen LogP contribution in [0.25, 0.3) is 0 Å². The molecule has 0 unspecified atom stereocenters. The lowest BCUT2D eigenvalue weighted by atomic mass is 9.95. The van der Waals surface area contributed by atoms with Gasteiger partial charge in [-0.2, -0.15) is 9.40 Å². The molecule has 0 radical (unpaired) electrons. The molecule has 2 fully saturated rings. The number of rotatable bonds is 5. The van der Waals surface area contributed by atoms with Crippen LogP contribution in [0.3, 0.4) is 0 Å². The Bertz CT molecular complexity index is 721. The van der Waals surface area contributed by atoms with E-state index in [0.717, 1.165) is 44.2 Å². The molecule has 0 atom stereocenters. The van der Waals surface area contributed by atoms with E-state index >= 15 is 0 Å². The maximum atomic E-state index is 13.6. The minimum Gasteiger partial charge on any atom is -0.263 e. The monoisotopic (exact) mass is 367 g/mol. The molecule has 0 saturated heterocycles. The zero-order valence-corrected chi connectivity index (χ0v) is 17.2. The van der Waals surface area contributed by atoms with Crippen LogP contribution in [-0.4, -0.2) is 35.1 Å². The van der Waals surface area contributed by atoms with Crippen LogP contribution < -0.4 is 0 Å². The van der Waals surface area contributed by atoms with E-state index < -0.39 is 10.0 Å². The van der Waals surface area contributed by atoms with Gasteiger partial charge in [-0.1, -0.05) is 19.3 Å². The molecule has 2 saturated carbocycles. The van der Waals surface area contributed by atoms with Crippen LogP contribution in [-0.2, 0) is 15.6 Å². The Hall–Kier alpha value is -0.880. The molecule has 0 aromatic carbocycles. The van der Waals surface area contributed by atoms with Gasteiger partial charge in [0.25, 0.3) is 0 Å². The van der Waals surface area contributed by atoms with Gasteiger partial charge in [0.1, 0.15) is 4.90 Å². The van der Waals surface area contributed by atoms with Crippen LogP contribution >= 0.6 is 0 Å². The highest BCUT2D eigenvalue weighted by Crippen LogP contribution is 2.37. The van der Waals surface area contributed by atoms with Crippen LogP contribution in [0.1, 0.15) is 77.1 Å². The second-order valence-electron chi connectivity index (χ2n) is 8.89. The van der Waals surface area contributed by atoms with Gasteiger partial charge in [0.15, 0.2) is 0 Å². The maximum Gasteiger partial charge on any atom is 0.247 e. The summed E-state index contributed by atoms with van der Waals surface area (Å²) in [5.41, 5.74) is 1.17. The molecule has 0 N–H and O–H groups in total. The molecule has 25 heavy (non-hydrogen) atoms. The van der Waals surface area contributed by atoms with Crippen LogP contribution in [0.2, 0.25) is 0 Å². The van der Waals surface area contributed by atoms with Crippen LogP contribution in [0, 0.1) is 19.8 Å². The standard InChI is InChI=1S/C19H33N3O2S/c1-14-18(15(2)22(20-14)19(3,4)5)25(23,24)21(13-16-11-12-16)17-9-7-6-8-10-17/h16-17H,6-13H2,1-5H3. The molecule has 1 aromatic rings.